The maximum absolute atomic E-state index is 2.42. The zero-order valence-electron chi connectivity index (χ0n) is 47.7. The van der Waals surface area contributed by atoms with Gasteiger partial charge in [-0.1, -0.05) is 182 Å². The number of aromatic nitrogens is 2. The Bertz CT molecular complexity index is 4200. The van der Waals surface area contributed by atoms with Gasteiger partial charge in [-0.2, -0.15) is 0 Å². The van der Waals surface area contributed by atoms with Gasteiger partial charge in [-0.25, -0.2) is 0 Å². The molecule has 0 radical (unpaired) electrons. The number of benzene rings is 12. The minimum atomic E-state index is 1.09. The van der Waals surface area contributed by atoms with E-state index in [0.717, 1.165) is 45.5 Å². The molecule has 0 amide bonds. The van der Waals surface area contributed by atoms with Crippen molar-refractivity contribution in [3.05, 3.63) is 326 Å². The van der Waals surface area contributed by atoms with Gasteiger partial charge < -0.3 is 18.9 Å². The molecule has 0 spiro atoms. The molecule has 0 bridgehead atoms. The minimum absolute atomic E-state index is 1.09. The van der Waals surface area contributed by atoms with Crippen molar-refractivity contribution in [3.63, 3.8) is 0 Å². The second-order valence-electron chi connectivity index (χ2n) is 21.9. The van der Waals surface area contributed by atoms with E-state index in [4.69, 9.17) is 0 Å². The lowest BCUT2D eigenvalue weighted by molar-refractivity contribution is 1.04. The predicted octanol–water partition coefficient (Wildman–Crippen LogP) is 22.1. The summed E-state index contributed by atoms with van der Waals surface area (Å²) in [6.07, 6.45) is 0. The summed E-state index contributed by atoms with van der Waals surface area (Å²) in [7, 11) is 0. The molecule has 2 heterocycles. The van der Waals surface area contributed by atoms with Gasteiger partial charge in [0.2, 0.25) is 0 Å². The van der Waals surface area contributed by atoms with Crippen LogP contribution in [-0.2, 0) is 0 Å². The van der Waals surface area contributed by atoms with Gasteiger partial charge in [-0.05, 0) is 216 Å². The highest BCUT2D eigenvalue weighted by atomic mass is 15.1. The molecule has 0 atom stereocenters. The van der Waals surface area contributed by atoms with Crippen LogP contribution in [0.4, 0.5) is 34.1 Å². The number of hydrogen-bond donors (Lipinski definition) is 0. The summed E-state index contributed by atoms with van der Waals surface area (Å²) in [6, 6.07) is 110. The van der Waals surface area contributed by atoms with Gasteiger partial charge in [-0.15, -0.1) is 0 Å². The van der Waals surface area contributed by atoms with Crippen LogP contribution in [0.2, 0.25) is 0 Å². The molecule has 0 fully saturated rings. The maximum atomic E-state index is 2.42. The second kappa shape index (κ2) is 22.0. The molecule has 402 valence electrons. The molecular formula is C80H62N4. The van der Waals surface area contributed by atoms with E-state index >= 15 is 0 Å². The topological polar surface area (TPSA) is 16.3 Å². The molecule has 0 unspecified atom stereocenters. The standard InChI is InChI=1S/C80H62N4/c1-55-57(3)81(69-39-43-71(44-40-69)83(73-33-17-29-63(49-73)59-21-9-5-10-22-59)74-34-18-30-64(50-74)60-23-11-6-12-24-60)79-47-37-67(53-77(55)79)68-38-48-80-78(54-68)56(2)58(4)82(80)70-41-45-72(46-42-70)84(75-35-19-31-65(51-75)61-25-13-7-14-26-61)76-36-20-32-66(52-76)62-27-15-8-16-28-62/h5-54H,1-4H3. The Morgan fingerprint density at radius 2 is 0.476 bits per heavy atom. The molecule has 0 aliphatic rings. The zero-order valence-corrected chi connectivity index (χ0v) is 47.7. The Balaban J connectivity index is 0.779. The van der Waals surface area contributed by atoms with Gasteiger partial charge in [0, 0.05) is 67.7 Å². The van der Waals surface area contributed by atoms with Gasteiger partial charge in [0.1, 0.15) is 0 Å². The average Bonchev–Trinajstić information content (AvgIpc) is 3.58. The van der Waals surface area contributed by atoms with Crippen molar-refractivity contribution in [3.8, 4) is 67.0 Å². The van der Waals surface area contributed by atoms with Gasteiger partial charge in [0.05, 0.1) is 11.0 Å². The number of fused-ring (bicyclic) bond motifs is 2. The Morgan fingerprint density at radius 1 is 0.214 bits per heavy atom. The highest BCUT2D eigenvalue weighted by Crippen LogP contribution is 2.43. The van der Waals surface area contributed by atoms with Crippen molar-refractivity contribution in [2.45, 2.75) is 27.7 Å². The molecule has 0 saturated heterocycles. The number of anilines is 6. The van der Waals surface area contributed by atoms with Gasteiger partial charge in [0.25, 0.3) is 0 Å². The molecule has 0 saturated carbocycles. The molecule has 14 aromatic rings. The lowest BCUT2D eigenvalue weighted by Crippen LogP contribution is -2.10. The second-order valence-corrected chi connectivity index (χ2v) is 21.9. The predicted molar refractivity (Wildman–Crippen MR) is 356 cm³/mol. The summed E-state index contributed by atoms with van der Waals surface area (Å²) in [5.74, 6) is 0. The van der Waals surface area contributed by atoms with Crippen molar-refractivity contribution in [2.24, 2.45) is 0 Å². The SMILES string of the molecule is Cc1c(C)n(-c2ccc(N(c3cccc(-c4ccccc4)c3)c3cccc(-c4ccccc4)c3)cc2)c2ccc(-c3ccc4c(c3)c(C)c(C)n4-c3ccc(N(c4cccc(-c5ccccc5)c4)c4cccc(-c5ccccc5)c4)cc3)cc12. The van der Waals surface area contributed by atoms with Crippen molar-refractivity contribution in [1.82, 2.24) is 9.13 Å². The third-order valence-corrected chi connectivity index (χ3v) is 17.0. The van der Waals surface area contributed by atoms with E-state index in [1.165, 1.54) is 100.0 Å². The maximum Gasteiger partial charge on any atom is 0.0534 e. The van der Waals surface area contributed by atoms with E-state index in [1.54, 1.807) is 0 Å². The monoisotopic (exact) mass is 1080 g/mol. The lowest BCUT2D eigenvalue weighted by Gasteiger charge is -2.27. The first-order valence-corrected chi connectivity index (χ1v) is 29.0. The summed E-state index contributed by atoms with van der Waals surface area (Å²) >= 11 is 0. The molecule has 4 heteroatoms. The average molecular weight is 1080 g/mol. The minimum Gasteiger partial charge on any atom is -0.314 e. The van der Waals surface area contributed by atoms with Crippen LogP contribution in [0.5, 0.6) is 0 Å². The van der Waals surface area contributed by atoms with Crippen molar-refractivity contribution in [1.29, 1.82) is 0 Å². The molecule has 0 aliphatic carbocycles. The molecule has 84 heavy (non-hydrogen) atoms. The molecular weight excluding hydrogens is 1020 g/mol. The smallest absolute Gasteiger partial charge is 0.0534 e. The summed E-state index contributed by atoms with van der Waals surface area (Å²) < 4.78 is 4.83. The molecule has 0 N–H and O–H groups in total. The normalized spacial score (nSPS) is 11.3. The summed E-state index contributed by atoms with van der Waals surface area (Å²) in [5, 5.41) is 2.51. The van der Waals surface area contributed by atoms with Crippen LogP contribution in [0.15, 0.2) is 303 Å². The number of hydrogen-bond acceptors (Lipinski definition) is 2. The zero-order chi connectivity index (χ0) is 56.7. The Hall–Kier alpha value is -10.7. The van der Waals surface area contributed by atoms with E-state index in [-0.39, 0.29) is 0 Å². The summed E-state index contributed by atoms with van der Waals surface area (Å²) in [6.45, 7) is 9.02. The van der Waals surface area contributed by atoms with E-state index in [2.05, 4.69) is 350 Å². The fourth-order valence-electron chi connectivity index (χ4n) is 12.4. The third kappa shape index (κ3) is 9.63. The fraction of sp³-hybridized carbons (Fsp3) is 0.0500. The highest BCUT2D eigenvalue weighted by molar-refractivity contribution is 5.95. The Morgan fingerprint density at radius 3 is 0.762 bits per heavy atom. The first-order chi connectivity index (χ1) is 41.3. The Labute approximate surface area is 492 Å². The number of nitrogens with zero attached hydrogens (tertiary/aromatic N) is 4. The van der Waals surface area contributed by atoms with Crippen LogP contribution in [0, 0.1) is 27.7 Å². The van der Waals surface area contributed by atoms with Crippen molar-refractivity contribution in [2.75, 3.05) is 9.80 Å². The van der Waals surface area contributed by atoms with Crippen LogP contribution >= 0.6 is 0 Å². The van der Waals surface area contributed by atoms with Crippen LogP contribution in [0.25, 0.3) is 88.8 Å². The van der Waals surface area contributed by atoms with E-state index < -0.39 is 0 Å². The van der Waals surface area contributed by atoms with Crippen LogP contribution < -0.4 is 9.80 Å². The third-order valence-electron chi connectivity index (χ3n) is 17.0. The first-order valence-electron chi connectivity index (χ1n) is 29.0. The molecule has 2 aromatic heterocycles. The van der Waals surface area contributed by atoms with E-state index in [0.29, 0.717) is 0 Å². The van der Waals surface area contributed by atoms with Crippen molar-refractivity contribution >= 4 is 55.9 Å². The van der Waals surface area contributed by atoms with E-state index in [9.17, 15) is 0 Å². The van der Waals surface area contributed by atoms with E-state index in [1.807, 2.05) is 0 Å². The first kappa shape index (κ1) is 51.5. The van der Waals surface area contributed by atoms with Crippen molar-refractivity contribution < 1.29 is 0 Å². The molecule has 0 aliphatic heterocycles. The quantitative estimate of drug-likeness (QED) is 0.114. The fourth-order valence-corrected chi connectivity index (χ4v) is 12.4. The number of rotatable bonds is 13. The summed E-state index contributed by atoms with van der Waals surface area (Å²) in [4.78, 5) is 4.75. The van der Waals surface area contributed by atoms with Gasteiger partial charge in [-0.3, -0.25) is 0 Å². The van der Waals surface area contributed by atoms with Gasteiger partial charge >= 0.3 is 0 Å². The number of aryl methyl sites for hydroxylation is 2. The van der Waals surface area contributed by atoms with Gasteiger partial charge in [0.15, 0.2) is 0 Å². The Kier molecular flexibility index (Phi) is 13.5. The highest BCUT2D eigenvalue weighted by Gasteiger charge is 2.21. The lowest BCUT2D eigenvalue weighted by atomic mass is 10.00. The van der Waals surface area contributed by atoms with Crippen LogP contribution in [0.3, 0.4) is 0 Å². The largest absolute Gasteiger partial charge is 0.314 e. The molecule has 4 nitrogen and oxygen atoms in total. The van der Waals surface area contributed by atoms with Crippen LogP contribution in [-0.4, -0.2) is 9.13 Å². The molecule has 12 aromatic carbocycles. The summed E-state index contributed by atoms with van der Waals surface area (Å²) in [5.41, 5.74) is 28.1. The van der Waals surface area contributed by atoms with Crippen LogP contribution in [0.1, 0.15) is 22.5 Å². The molecule has 14 rings (SSSR count).